The van der Waals surface area contributed by atoms with Crippen molar-refractivity contribution in [2.24, 2.45) is 0 Å². The smallest absolute Gasteiger partial charge is 0.340 e. The lowest BCUT2D eigenvalue weighted by molar-refractivity contribution is 0.0497. The van der Waals surface area contributed by atoms with Crippen LogP contribution in [0.3, 0.4) is 0 Å². The van der Waals surface area contributed by atoms with Crippen molar-refractivity contribution in [3.63, 3.8) is 0 Å². The van der Waals surface area contributed by atoms with Crippen molar-refractivity contribution in [3.8, 4) is 5.75 Å². The molecule has 0 bridgehead atoms. The first-order valence-electron chi connectivity index (χ1n) is 6.56. The summed E-state index contributed by atoms with van der Waals surface area (Å²) in [5.74, 6) is 0.514. The Bertz CT molecular complexity index is 694. The minimum absolute atomic E-state index is 0.279. The molecule has 1 atom stereocenters. The summed E-state index contributed by atoms with van der Waals surface area (Å²) in [5, 5.41) is 0. The van der Waals surface area contributed by atoms with Crippen molar-refractivity contribution in [2.75, 3.05) is 7.11 Å². The van der Waals surface area contributed by atoms with Crippen LogP contribution in [0.4, 0.5) is 0 Å². The topological polar surface area (TPSA) is 35.5 Å². The van der Waals surface area contributed by atoms with Gasteiger partial charge >= 0.3 is 5.97 Å². The normalized spacial score (nSPS) is 17.4. The maximum atomic E-state index is 11.9. The van der Waals surface area contributed by atoms with E-state index in [4.69, 9.17) is 9.47 Å². The number of para-hydroxylation sites is 1. The van der Waals surface area contributed by atoms with Crippen LogP contribution in [0.5, 0.6) is 5.75 Å². The second-order valence-electron chi connectivity index (χ2n) is 4.49. The van der Waals surface area contributed by atoms with Gasteiger partial charge in [0.1, 0.15) is 5.75 Å². The number of rotatable bonds is 3. The van der Waals surface area contributed by atoms with Crippen LogP contribution in [0.15, 0.2) is 59.5 Å². The standard InChI is InChI=1S/C17H14O3S/c1-19-14-8-4-2-6-12(14)10-11-16-20-17(18)13-7-3-5-9-15(13)21-16/h2-11,16H,1H3/b11-10+. The van der Waals surface area contributed by atoms with E-state index in [1.54, 1.807) is 13.2 Å². The van der Waals surface area contributed by atoms with Gasteiger partial charge in [-0.3, -0.25) is 0 Å². The predicted octanol–water partition coefficient (Wildman–Crippen LogP) is 4.00. The molecule has 0 radical (unpaired) electrons. The van der Waals surface area contributed by atoms with E-state index in [0.717, 1.165) is 16.2 Å². The molecule has 1 unspecified atom stereocenters. The number of thioether (sulfide) groups is 1. The Labute approximate surface area is 127 Å². The molecule has 3 rings (SSSR count). The fourth-order valence-electron chi connectivity index (χ4n) is 2.12. The summed E-state index contributed by atoms with van der Waals surface area (Å²) >= 11 is 1.52. The van der Waals surface area contributed by atoms with Crippen molar-refractivity contribution in [1.29, 1.82) is 0 Å². The second kappa shape index (κ2) is 6.06. The number of hydrogen-bond donors (Lipinski definition) is 0. The molecule has 2 aromatic rings. The molecular formula is C17H14O3S. The fourth-order valence-corrected chi connectivity index (χ4v) is 3.10. The Hall–Kier alpha value is -2.20. The number of esters is 1. The fraction of sp³-hybridized carbons (Fsp3) is 0.118. The molecule has 1 aliphatic heterocycles. The number of benzene rings is 2. The molecular weight excluding hydrogens is 284 g/mol. The average Bonchev–Trinajstić information content (AvgIpc) is 2.53. The van der Waals surface area contributed by atoms with Crippen molar-refractivity contribution < 1.29 is 14.3 Å². The first kappa shape index (κ1) is 13.8. The third kappa shape index (κ3) is 2.95. The Morgan fingerprint density at radius 1 is 1.14 bits per heavy atom. The molecule has 21 heavy (non-hydrogen) atoms. The molecule has 0 fully saturated rings. The molecule has 0 amide bonds. The van der Waals surface area contributed by atoms with E-state index in [1.165, 1.54) is 11.8 Å². The highest BCUT2D eigenvalue weighted by molar-refractivity contribution is 8.00. The highest BCUT2D eigenvalue weighted by Gasteiger charge is 2.24. The lowest BCUT2D eigenvalue weighted by atomic mass is 10.2. The molecule has 4 heteroatoms. The zero-order chi connectivity index (χ0) is 14.7. The van der Waals surface area contributed by atoms with Gasteiger partial charge in [-0.2, -0.15) is 0 Å². The van der Waals surface area contributed by atoms with Gasteiger partial charge in [-0.1, -0.05) is 48.2 Å². The molecule has 0 saturated heterocycles. The summed E-state index contributed by atoms with van der Waals surface area (Å²) in [6.07, 6.45) is 3.79. The van der Waals surface area contributed by atoms with Gasteiger partial charge in [0.15, 0.2) is 5.44 Å². The Kier molecular flexibility index (Phi) is 3.97. The number of methoxy groups -OCH3 is 1. The lowest BCUT2D eigenvalue weighted by Gasteiger charge is -2.21. The third-order valence-electron chi connectivity index (χ3n) is 3.15. The molecule has 3 nitrogen and oxygen atoms in total. The van der Waals surface area contributed by atoms with Gasteiger partial charge in [-0.25, -0.2) is 4.79 Å². The van der Waals surface area contributed by atoms with E-state index >= 15 is 0 Å². The SMILES string of the molecule is COc1ccccc1/C=C/C1OC(=O)c2ccccc2S1. The number of carbonyl (C=O) groups is 1. The predicted molar refractivity (Wildman–Crippen MR) is 83.5 cm³/mol. The van der Waals surface area contributed by atoms with Gasteiger partial charge in [0.2, 0.25) is 0 Å². The highest BCUT2D eigenvalue weighted by atomic mass is 32.2. The average molecular weight is 298 g/mol. The first-order valence-corrected chi connectivity index (χ1v) is 7.44. The molecule has 0 N–H and O–H groups in total. The van der Waals surface area contributed by atoms with Crippen LogP contribution in [0, 0.1) is 0 Å². The van der Waals surface area contributed by atoms with E-state index in [0.29, 0.717) is 5.56 Å². The summed E-state index contributed by atoms with van der Waals surface area (Å²) in [4.78, 5) is 12.9. The second-order valence-corrected chi connectivity index (χ2v) is 5.63. The van der Waals surface area contributed by atoms with E-state index in [9.17, 15) is 4.79 Å². The van der Waals surface area contributed by atoms with Crippen molar-refractivity contribution in [2.45, 2.75) is 10.3 Å². The maximum Gasteiger partial charge on any atom is 0.340 e. The zero-order valence-corrected chi connectivity index (χ0v) is 12.3. The third-order valence-corrected chi connectivity index (χ3v) is 4.24. The molecule has 106 valence electrons. The van der Waals surface area contributed by atoms with Crippen LogP contribution in [0.1, 0.15) is 15.9 Å². The summed E-state index contributed by atoms with van der Waals surface area (Å²) in [5.41, 5.74) is 1.26. The van der Waals surface area contributed by atoms with Gasteiger partial charge in [0.05, 0.1) is 12.7 Å². The molecule has 0 aliphatic carbocycles. The number of ether oxygens (including phenoxy) is 2. The van der Waals surface area contributed by atoms with Gasteiger partial charge in [-0.05, 0) is 24.3 Å². The Morgan fingerprint density at radius 3 is 2.76 bits per heavy atom. The van der Waals surface area contributed by atoms with Crippen molar-refractivity contribution in [3.05, 3.63) is 65.7 Å². The largest absolute Gasteiger partial charge is 0.496 e. The summed E-state index contributed by atoms with van der Waals surface area (Å²) in [6, 6.07) is 15.2. The van der Waals surface area contributed by atoms with E-state index < -0.39 is 0 Å². The molecule has 1 aliphatic rings. The zero-order valence-electron chi connectivity index (χ0n) is 11.5. The van der Waals surface area contributed by atoms with Gasteiger partial charge in [0.25, 0.3) is 0 Å². The number of fused-ring (bicyclic) bond motifs is 1. The molecule has 0 spiro atoms. The Morgan fingerprint density at radius 2 is 1.90 bits per heavy atom. The van der Waals surface area contributed by atoms with Crippen LogP contribution < -0.4 is 4.74 Å². The molecule has 0 saturated carbocycles. The first-order chi connectivity index (χ1) is 10.3. The molecule has 2 aromatic carbocycles. The Balaban J connectivity index is 1.81. The minimum atomic E-state index is -0.322. The number of cyclic esters (lactones) is 1. The van der Waals surface area contributed by atoms with Crippen LogP contribution >= 0.6 is 11.8 Å². The molecule has 0 aromatic heterocycles. The maximum absolute atomic E-state index is 11.9. The number of carbonyl (C=O) groups excluding carboxylic acids is 1. The van der Waals surface area contributed by atoms with Crippen LogP contribution in [0.2, 0.25) is 0 Å². The highest BCUT2D eigenvalue weighted by Crippen LogP contribution is 2.34. The van der Waals surface area contributed by atoms with Gasteiger partial charge < -0.3 is 9.47 Å². The summed E-state index contributed by atoms with van der Waals surface area (Å²) in [7, 11) is 1.64. The van der Waals surface area contributed by atoms with Crippen LogP contribution in [-0.4, -0.2) is 18.5 Å². The quantitative estimate of drug-likeness (QED) is 0.802. The van der Waals surface area contributed by atoms with Gasteiger partial charge in [-0.15, -0.1) is 0 Å². The van der Waals surface area contributed by atoms with E-state index in [1.807, 2.05) is 54.6 Å². The van der Waals surface area contributed by atoms with Gasteiger partial charge in [0, 0.05) is 10.5 Å². The lowest BCUT2D eigenvalue weighted by Crippen LogP contribution is -2.19. The molecule has 1 heterocycles. The monoisotopic (exact) mass is 298 g/mol. The van der Waals surface area contributed by atoms with E-state index in [2.05, 4.69) is 0 Å². The van der Waals surface area contributed by atoms with Crippen molar-refractivity contribution in [1.82, 2.24) is 0 Å². The summed E-state index contributed by atoms with van der Waals surface area (Å²) < 4.78 is 10.7. The van der Waals surface area contributed by atoms with Crippen molar-refractivity contribution >= 4 is 23.8 Å². The number of hydrogen-bond acceptors (Lipinski definition) is 4. The van der Waals surface area contributed by atoms with Crippen LogP contribution in [-0.2, 0) is 4.74 Å². The van der Waals surface area contributed by atoms with Crippen LogP contribution in [0.25, 0.3) is 6.08 Å². The van der Waals surface area contributed by atoms with E-state index in [-0.39, 0.29) is 11.4 Å². The summed E-state index contributed by atoms with van der Waals surface area (Å²) in [6.45, 7) is 0. The minimum Gasteiger partial charge on any atom is -0.496 e.